The lowest BCUT2D eigenvalue weighted by molar-refractivity contribution is -0.143. The van der Waals surface area contributed by atoms with Gasteiger partial charge in [0.1, 0.15) is 11.9 Å². The van der Waals surface area contributed by atoms with Crippen LogP contribution >= 0.6 is 0 Å². The molecule has 0 bridgehead atoms. The molecular weight excluding hydrogens is 271 g/mol. The van der Waals surface area contributed by atoms with Crippen molar-refractivity contribution in [1.29, 1.82) is 0 Å². The minimum absolute atomic E-state index is 0.271. The lowest BCUT2D eigenvalue weighted by Crippen LogP contribution is -2.38. The van der Waals surface area contributed by atoms with Crippen molar-refractivity contribution in [3.63, 3.8) is 0 Å². The molecule has 0 spiro atoms. The first-order valence-electron chi connectivity index (χ1n) is 7.21. The van der Waals surface area contributed by atoms with Crippen molar-refractivity contribution in [3.8, 4) is 0 Å². The average molecular weight is 292 g/mol. The fourth-order valence-corrected chi connectivity index (χ4v) is 2.56. The predicted octanol–water partition coefficient (Wildman–Crippen LogP) is 3.38. The van der Waals surface area contributed by atoms with Crippen LogP contribution in [-0.2, 0) is 11.3 Å². The van der Waals surface area contributed by atoms with Gasteiger partial charge in [-0.3, -0.25) is 9.69 Å². The third kappa shape index (κ3) is 3.82. The van der Waals surface area contributed by atoms with Crippen LogP contribution in [0.4, 0.5) is 4.39 Å². The molecule has 0 saturated heterocycles. The second kappa shape index (κ2) is 6.72. The number of halogens is 1. The van der Waals surface area contributed by atoms with Gasteiger partial charge in [-0.1, -0.05) is 19.8 Å². The SMILES string of the molecule is CCCCC(C(=O)O)N(C)Cc1cc2cc(F)ccc2[nH]1. The molecular formula is C16H21FN2O2. The number of likely N-dealkylation sites (N-methyl/N-ethyl adjacent to an activating group) is 1. The Labute approximate surface area is 123 Å². The Bertz CT molecular complexity index is 624. The van der Waals surface area contributed by atoms with E-state index in [2.05, 4.69) is 4.98 Å². The highest BCUT2D eigenvalue weighted by molar-refractivity contribution is 5.80. The molecule has 2 rings (SSSR count). The van der Waals surface area contributed by atoms with E-state index in [9.17, 15) is 14.3 Å². The number of rotatable bonds is 7. The molecule has 4 nitrogen and oxygen atoms in total. The van der Waals surface area contributed by atoms with E-state index in [1.165, 1.54) is 12.1 Å². The standard InChI is InChI=1S/C16H21FN2O2/c1-3-4-5-15(16(20)21)19(2)10-13-9-11-8-12(17)6-7-14(11)18-13/h6-9,15,18H,3-5,10H2,1-2H3,(H,20,21). The maximum Gasteiger partial charge on any atom is 0.320 e. The van der Waals surface area contributed by atoms with Crippen LogP contribution < -0.4 is 0 Å². The minimum Gasteiger partial charge on any atom is -0.480 e. The monoisotopic (exact) mass is 292 g/mol. The van der Waals surface area contributed by atoms with Gasteiger partial charge in [-0.05, 0) is 37.7 Å². The van der Waals surface area contributed by atoms with Crippen molar-refractivity contribution in [1.82, 2.24) is 9.88 Å². The van der Waals surface area contributed by atoms with Gasteiger partial charge < -0.3 is 10.1 Å². The number of nitrogens with one attached hydrogen (secondary N) is 1. The largest absolute Gasteiger partial charge is 0.480 e. The number of carboxylic acid groups (broad SMARTS) is 1. The van der Waals surface area contributed by atoms with E-state index in [0.29, 0.717) is 13.0 Å². The molecule has 0 saturated carbocycles. The molecule has 114 valence electrons. The molecule has 1 atom stereocenters. The summed E-state index contributed by atoms with van der Waals surface area (Å²) in [6.45, 7) is 2.54. The Hall–Kier alpha value is -1.88. The van der Waals surface area contributed by atoms with Crippen LogP contribution in [0.1, 0.15) is 31.9 Å². The van der Waals surface area contributed by atoms with Crippen LogP contribution in [0.2, 0.25) is 0 Å². The number of benzene rings is 1. The van der Waals surface area contributed by atoms with Crippen LogP contribution in [-0.4, -0.2) is 34.0 Å². The molecule has 0 aliphatic carbocycles. The van der Waals surface area contributed by atoms with Gasteiger partial charge in [-0.25, -0.2) is 4.39 Å². The highest BCUT2D eigenvalue weighted by atomic mass is 19.1. The quantitative estimate of drug-likeness (QED) is 0.822. The van der Waals surface area contributed by atoms with Crippen molar-refractivity contribution in [2.75, 3.05) is 7.05 Å². The van der Waals surface area contributed by atoms with E-state index in [-0.39, 0.29) is 5.82 Å². The molecule has 0 aliphatic rings. The lowest BCUT2D eigenvalue weighted by Gasteiger charge is -2.23. The first kappa shape index (κ1) is 15.5. The summed E-state index contributed by atoms with van der Waals surface area (Å²) in [5.41, 5.74) is 1.75. The summed E-state index contributed by atoms with van der Waals surface area (Å²) in [5.74, 6) is -1.07. The number of unbranched alkanes of at least 4 members (excludes halogenated alkanes) is 1. The number of fused-ring (bicyclic) bond motifs is 1. The molecule has 1 aromatic heterocycles. The third-order valence-electron chi connectivity index (χ3n) is 3.71. The number of aliphatic carboxylic acids is 1. The van der Waals surface area contributed by atoms with Gasteiger partial charge in [0, 0.05) is 23.1 Å². The Morgan fingerprint density at radius 2 is 2.19 bits per heavy atom. The van der Waals surface area contributed by atoms with Crippen LogP contribution in [0.5, 0.6) is 0 Å². The molecule has 1 unspecified atom stereocenters. The van der Waals surface area contributed by atoms with E-state index in [4.69, 9.17) is 0 Å². The van der Waals surface area contributed by atoms with Crippen molar-refractivity contribution in [2.45, 2.75) is 38.8 Å². The number of hydrogen-bond donors (Lipinski definition) is 2. The Morgan fingerprint density at radius 1 is 1.43 bits per heavy atom. The van der Waals surface area contributed by atoms with Crippen LogP contribution in [0.3, 0.4) is 0 Å². The van der Waals surface area contributed by atoms with Gasteiger partial charge >= 0.3 is 5.97 Å². The first-order valence-corrected chi connectivity index (χ1v) is 7.21. The average Bonchev–Trinajstić information content (AvgIpc) is 2.79. The van der Waals surface area contributed by atoms with Gasteiger partial charge in [-0.15, -0.1) is 0 Å². The molecule has 1 aromatic carbocycles. The summed E-state index contributed by atoms with van der Waals surface area (Å²) >= 11 is 0. The molecule has 1 heterocycles. The van der Waals surface area contributed by atoms with Gasteiger partial charge in [-0.2, -0.15) is 0 Å². The fraction of sp³-hybridized carbons (Fsp3) is 0.438. The zero-order chi connectivity index (χ0) is 15.4. The minimum atomic E-state index is -0.798. The van der Waals surface area contributed by atoms with Gasteiger partial charge in [0.15, 0.2) is 0 Å². The topological polar surface area (TPSA) is 56.3 Å². The number of carboxylic acids is 1. The zero-order valence-electron chi connectivity index (χ0n) is 12.4. The van der Waals surface area contributed by atoms with E-state index in [1.807, 2.05) is 17.9 Å². The van der Waals surface area contributed by atoms with Gasteiger partial charge in [0.05, 0.1) is 0 Å². The normalized spacial score (nSPS) is 13.0. The maximum absolute atomic E-state index is 13.2. The molecule has 0 radical (unpaired) electrons. The third-order valence-corrected chi connectivity index (χ3v) is 3.71. The summed E-state index contributed by atoms with van der Waals surface area (Å²) in [7, 11) is 1.81. The van der Waals surface area contributed by atoms with E-state index in [1.54, 1.807) is 13.1 Å². The molecule has 0 amide bonds. The maximum atomic E-state index is 13.2. The number of aromatic nitrogens is 1. The second-order valence-electron chi connectivity index (χ2n) is 5.44. The lowest BCUT2D eigenvalue weighted by atomic mass is 10.1. The van der Waals surface area contributed by atoms with Crippen molar-refractivity contribution >= 4 is 16.9 Å². The summed E-state index contributed by atoms with van der Waals surface area (Å²) in [5, 5.41) is 10.1. The Kier molecular flexibility index (Phi) is 4.96. The molecule has 0 aliphatic heterocycles. The van der Waals surface area contributed by atoms with Crippen LogP contribution in [0.25, 0.3) is 10.9 Å². The summed E-state index contributed by atoms with van der Waals surface area (Å²) < 4.78 is 13.2. The highest BCUT2D eigenvalue weighted by Gasteiger charge is 2.22. The highest BCUT2D eigenvalue weighted by Crippen LogP contribution is 2.19. The molecule has 2 N–H and O–H groups in total. The van der Waals surface area contributed by atoms with Crippen LogP contribution in [0, 0.1) is 5.82 Å². The molecule has 2 aromatic rings. The Balaban J connectivity index is 2.11. The summed E-state index contributed by atoms with van der Waals surface area (Å²) in [6, 6.07) is 5.95. The second-order valence-corrected chi connectivity index (χ2v) is 5.44. The molecule has 21 heavy (non-hydrogen) atoms. The van der Waals surface area contributed by atoms with E-state index in [0.717, 1.165) is 29.4 Å². The van der Waals surface area contributed by atoms with E-state index >= 15 is 0 Å². The number of H-pyrrole nitrogens is 1. The summed E-state index contributed by atoms with van der Waals surface area (Å²) in [6.07, 6.45) is 2.50. The smallest absolute Gasteiger partial charge is 0.320 e. The van der Waals surface area contributed by atoms with Crippen molar-refractivity contribution < 1.29 is 14.3 Å². The zero-order valence-corrected chi connectivity index (χ0v) is 12.4. The van der Waals surface area contributed by atoms with E-state index < -0.39 is 12.0 Å². The predicted molar refractivity (Wildman–Crippen MR) is 80.7 cm³/mol. The number of nitrogens with zero attached hydrogens (tertiary/aromatic N) is 1. The number of aromatic amines is 1. The number of carbonyl (C=O) groups is 1. The first-order chi connectivity index (χ1) is 10.0. The van der Waals surface area contributed by atoms with Crippen LogP contribution in [0.15, 0.2) is 24.3 Å². The van der Waals surface area contributed by atoms with Gasteiger partial charge in [0.2, 0.25) is 0 Å². The summed E-state index contributed by atoms with van der Waals surface area (Å²) in [4.78, 5) is 16.4. The molecule has 0 fully saturated rings. The van der Waals surface area contributed by atoms with Gasteiger partial charge in [0.25, 0.3) is 0 Å². The Morgan fingerprint density at radius 3 is 2.86 bits per heavy atom. The van der Waals surface area contributed by atoms with Crippen molar-refractivity contribution in [2.24, 2.45) is 0 Å². The molecule has 5 heteroatoms. The fourth-order valence-electron chi connectivity index (χ4n) is 2.56. The number of hydrogen-bond acceptors (Lipinski definition) is 2. The van der Waals surface area contributed by atoms with Crippen molar-refractivity contribution in [3.05, 3.63) is 35.8 Å².